The number of carbonyl (C=O) groups is 2. The molecule has 26 heavy (non-hydrogen) atoms. The number of carbonyl (C=O) groups excluding carboxylic acids is 2. The second kappa shape index (κ2) is 10.2. The van der Waals surface area contributed by atoms with Gasteiger partial charge in [0.15, 0.2) is 10.9 Å². The van der Waals surface area contributed by atoms with Crippen LogP contribution in [0.15, 0.2) is 30.3 Å². The molecule has 142 valence electrons. The summed E-state index contributed by atoms with van der Waals surface area (Å²) >= 11 is 5.32. The molecule has 1 amide bonds. The largest absolute Gasteiger partial charge is 0.348 e. The van der Waals surface area contributed by atoms with Gasteiger partial charge in [0.1, 0.15) is 5.54 Å². The maximum atomic E-state index is 13.0. The summed E-state index contributed by atoms with van der Waals surface area (Å²) in [5.74, 6) is 0.0290. The molecule has 0 aliphatic heterocycles. The number of hydrazine groups is 1. The highest BCUT2D eigenvalue weighted by Gasteiger charge is 2.42. The fourth-order valence-corrected chi connectivity index (χ4v) is 3.49. The van der Waals surface area contributed by atoms with Gasteiger partial charge in [0.05, 0.1) is 6.61 Å². The number of unbranched alkanes of at least 4 members (excludes halogenated alkanes) is 2. The van der Waals surface area contributed by atoms with Crippen LogP contribution in [0.5, 0.6) is 0 Å². The molecule has 0 spiro atoms. The Bertz CT molecular complexity index is 603. The van der Waals surface area contributed by atoms with Crippen LogP contribution in [-0.2, 0) is 9.63 Å². The number of rotatable bonds is 10. The smallest absolute Gasteiger partial charge is 0.254 e. The van der Waals surface area contributed by atoms with E-state index < -0.39 is 5.54 Å². The predicted molar refractivity (Wildman–Crippen MR) is 104 cm³/mol. The molecule has 0 bridgehead atoms. The van der Waals surface area contributed by atoms with Gasteiger partial charge in [-0.3, -0.25) is 14.4 Å². The first-order valence-corrected chi connectivity index (χ1v) is 9.58. The molecule has 1 saturated carbocycles. The van der Waals surface area contributed by atoms with Crippen molar-refractivity contribution in [3.63, 3.8) is 0 Å². The second-order valence-corrected chi connectivity index (χ2v) is 6.93. The number of benzene rings is 1. The molecule has 0 heterocycles. The SMILES string of the molecule is CCCCCON(C=O)NC(=S)NC1(C(=O)c2ccccc2)CCCC1. The molecule has 1 fully saturated rings. The highest BCUT2D eigenvalue weighted by Crippen LogP contribution is 2.32. The molecule has 7 heteroatoms. The van der Waals surface area contributed by atoms with E-state index in [1.54, 1.807) is 0 Å². The maximum Gasteiger partial charge on any atom is 0.254 e. The lowest BCUT2D eigenvalue weighted by Gasteiger charge is -2.31. The Balaban J connectivity index is 1.97. The van der Waals surface area contributed by atoms with Crippen molar-refractivity contribution < 1.29 is 14.4 Å². The second-order valence-electron chi connectivity index (χ2n) is 6.52. The molecule has 0 unspecified atom stereocenters. The summed E-state index contributed by atoms with van der Waals surface area (Å²) in [6, 6.07) is 9.22. The lowest BCUT2D eigenvalue weighted by Crippen LogP contribution is -2.58. The van der Waals surface area contributed by atoms with Gasteiger partial charge in [0.2, 0.25) is 0 Å². The van der Waals surface area contributed by atoms with Crippen LogP contribution >= 0.6 is 12.2 Å². The minimum atomic E-state index is -0.734. The highest BCUT2D eigenvalue weighted by atomic mass is 32.1. The lowest BCUT2D eigenvalue weighted by molar-refractivity contribution is -0.184. The maximum absolute atomic E-state index is 13.0. The van der Waals surface area contributed by atoms with Crippen LogP contribution < -0.4 is 10.7 Å². The Morgan fingerprint density at radius 3 is 2.58 bits per heavy atom. The third-order valence-electron chi connectivity index (χ3n) is 4.57. The Labute approximate surface area is 160 Å². The number of nitrogens with one attached hydrogen (secondary N) is 2. The number of thiocarbonyl (C=S) groups is 1. The molecule has 0 radical (unpaired) electrons. The molecule has 0 saturated heterocycles. The third-order valence-corrected chi connectivity index (χ3v) is 4.76. The number of amides is 1. The van der Waals surface area contributed by atoms with E-state index >= 15 is 0 Å². The van der Waals surface area contributed by atoms with Crippen molar-refractivity contribution in [2.24, 2.45) is 0 Å². The first-order chi connectivity index (χ1) is 12.6. The summed E-state index contributed by atoms with van der Waals surface area (Å²) < 4.78 is 0. The molecule has 0 aromatic heterocycles. The Kier molecular flexibility index (Phi) is 8.00. The van der Waals surface area contributed by atoms with Crippen molar-refractivity contribution in [1.29, 1.82) is 0 Å². The lowest BCUT2D eigenvalue weighted by atomic mass is 9.87. The van der Waals surface area contributed by atoms with E-state index in [1.165, 1.54) is 0 Å². The minimum absolute atomic E-state index is 0.0290. The number of ketones is 1. The Morgan fingerprint density at radius 2 is 1.96 bits per heavy atom. The van der Waals surface area contributed by atoms with Gasteiger partial charge in [-0.05, 0) is 31.5 Å². The van der Waals surface area contributed by atoms with Crippen molar-refractivity contribution in [1.82, 2.24) is 15.9 Å². The number of Topliss-reactive ketones (excluding diaryl/α,β-unsaturated/α-hetero) is 1. The summed E-state index contributed by atoms with van der Waals surface area (Å²) in [6.07, 6.45) is 6.83. The van der Waals surface area contributed by atoms with E-state index in [0.29, 0.717) is 31.4 Å². The molecule has 1 aliphatic carbocycles. The zero-order valence-corrected chi connectivity index (χ0v) is 16.0. The van der Waals surface area contributed by atoms with Crippen LogP contribution in [0, 0.1) is 0 Å². The molecule has 1 aromatic rings. The molecule has 1 aromatic carbocycles. The molecule has 2 N–H and O–H groups in total. The van der Waals surface area contributed by atoms with Gasteiger partial charge in [0.25, 0.3) is 6.41 Å². The van der Waals surface area contributed by atoms with Crippen molar-refractivity contribution >= 4 is 29.5 Å². The summed E-state index contributed by atoms with van der Waals surface area (Å²) in [4.78, 5) is 29.5. The van der Waals surface area contributed by atoms with E-state index in [0.717, 1.165) is 37.3 Å². The van der Waals surface area contributed by atoms with E-state index in [-0.39, 0.29) is 10.9 Å². The molecule has 0 atom stereocenters. The van der Waals surface area contributed by atoms with E-state index in [4.69, 9.17) is 17.1 Å². The summed E-state index contributed by atoms with van der Waals surface area (Å²) in [5, 5.41) is 4.31. The monoisotopic (exact) mass is 377 g/mol. The van der Waals surface area contributed by atoms with Gasteiger partial charge in [-0.1, -0.05) is 62.9 Å². The van der Waals surface area contributed by atoms with Crippen molar-refractivity contribution in [3.05, 3.63) is 35.9 Å². The standard InChI is InChI=1S/C19H27N3O3S/c1-2-3-9-14-25-22(15-23)21-18(26)20-19(12-7-8-13-19)17(24)16-10-5-4-6-11-16/h4-6,10-11,15H,2-3,7-9,12-14H2,1H3,(H2,20,21,26). The molecular formula is C19H27N3O3S. The van der Waals surface area contributed by atoms with Crippen LogP contribution in [-0.4, -0.2) is 34.6 Å². The normalized spacial score (nSPS) is 15.3. The van der Waals surface area contributed by atoms with Crippen molar-refractivity contribution in [3.8, 4) is 0 Å². The predicted octanol–water partition coefficient (Wildman–Crippen LogP) is 3.14. The average Bonchev–Trinajstić information content (AvgIpc) is 3.13. The molecule has 1 aliphatic rings. The quantitative estimate of drug-likeness (QED) is 0.215. The first kappa shape index (κ1) is 20.3. The number of hydroxylamine groups is 1. The van der Waals surface area contributed by atoms with Gasteiger partial charge in [-0.2, -0.15) is 0 Å². The fourth-order valence-electron chi connectivity index (χ4n) is 3.20. The van der Waals surface area contributed by atoms with Gasteiger partial charge in [-0.15, -0.1) is 5.17 Å². The van der Waals surface area contributed by atoms with Gasteiger partial charge < -0.3 is 5.32 Å². The third kappa shape index (κ3) is 5.51. The average molecular weight is 378 g/mol. The summed E-state index contributed by atoms with van der Waals surface area (Å²) in [5.41, 5.74) is 2.64. The van der Waals surface area contributed by atoms with Crippen molar-refractivity contribution in [2.75, 3.05) is 6.61 Å². The highest BCUT2D eigenvalue weighted by molar-refractivity contribution is 7.80. The van der Waals surface area contributed by atoms with Crippen LogP contribution in [0.2, 0.25) is 0 Å². The van der Waals surface area contributed by atoms with E-state index in [9.17, 15) is 9.59 Å². The summed E-state index contributed by atoms with van der Waals surface area (Å²) in [6.45, 7) is 2.52. The van der Waals surface area contributed by atoms with Gasteiger partial charge in [0, 0.05) is 5.56 Å². The van der Waals surface area contributed by atoms with Crippen LogP contribution in [0.4, 0.5) is 0 Å². The number of hydrogen-bond donors (Lipinski definition) is 2. The van der Waals surface area contributed by atoms with Crippen LogP contribution in [0.1, 0.15) is 62.2 Å². The molecular weight excluding hydrogens is 350 g/mol. The number of hydrogen-bond acceptors (Lipinski definition) is 4. The number of nitrogens with zero attached hydrogens (tertiary/aromatic N) is 1. The van der Waals surface area contributed by atoms with Crippen LogP contribution in [0.3, 0.4) is 0 Å². The topological polar surface area (TPSA) is 70.7 Å². The van der Waals surface area contributed by atoms with Gasteiger partial charge >= 0.3 is 0 Å². The minimum Gasteiger partial charge on any atom is -0.348 e. The first-order valence-electron chi connectivity index (χ1n) is 9.17. The zero-order valence-electron chi connectivity index (χ0n) is 15.2. The molecule has 2 rings (SSSR count). The van der Waals surface area contributed by atoms with Crippen molar-refractivity contribution in [2.45, 2.75) is 57.4 Å². The summed E-state index contributed by atoms with van der Waals surface area (Å²) in [7, 11) is 0. The van der Waals surface area contributed by atoms with Crippen LogP contribution in [0.25, 0.3) is 0 Å². The Hall–Kier alpha value is -1.99. The fraction of sp³-hybridized carbons (Fsp3) is 0.526. The van der Waals surface area contributed by atoms with E-state index in [1.807, 2.05) is 30.3 Å². The Morgan fingerprint density at radius 1 is 1.27 bits per heavy atom. The van der Waals surface area contributed by atoms with Gasteiger partial charge in [-0.25, -0.2) is 5.43 Å². The zero-order chi connectivity index (χ0) is 18.8. The molecule has 6 nitrogen and oxygen atoms in total. The van der Waals surface area contributed by atoms with E-state index in [2.05, 4.69) is 17.7 Å².